The van der Waals surface area contributed by atoms with Crippen LogP contribution >= 0.6 is 0 Å². The van der Waals surface area contributed by atoms with Crippen molar-refractivity contribution < 1.29 is 1.43 Å². The van der Waals surface area contributed by atoms with Crippen LogP contribution in [0.25, 0.3) is 10.9 Å². The molecule has 0 aliphatic heterocycles. The van der Waals surface area contributed by atoms with Crippen LogP contribution < -0.4 is 10.2 Å². The molecule has 27 heavy (non-hydrogen) atoms. The van der Waals surface area contributed by atoms with Crippen molar-refractivity contribution >= 4 is 22.3 Å². The van der Waals surface area contributed by atoms with Crippen molar-refractivity contribution in [1.82, 2.24) is 4.98 Å². The Balaban J connectivity index is 0.00000225. The zero-order chi connectivity index (χ0) is 18.5. The van der Waals surface area contributed by atoms with Crippen LogP contribution in [0.5, 0.6) is 0 Å². The van der Waals surface area contributed by atoms with Gasteiger partial charge in [0, 0.05) is 44.5 Å². The number of fused-ring (bicyclic) bond motifs is 1. The molecule has 0 atom stereocenters. The summed E-state index contributed by atoms with van der Waals surface area (Å²) in [7, 11) is 2.13. The standard InChI is InChI=1S/C24H23N3.H2/c1-27(18-20-6-3-2-4-7-20)23-13-9-19(10-14-23)17-26-22-12-11-21-8-5-15-25-24(21)16-22;/h2-16,26H,17-18H2,1H3;1H. The molecule has 1 N–H and O–H groups in total. The number of rotatable bonds is 6. The van der Waals surface area contributed by atoms with Crippen LogP contribution in [0.3, 0.4) is 0 Å². The van der Waals surface area contributed by atoms with Gasteiger partial charge in [0.05, 0.1) is 5.52 Å². The minimum Gasteiger partial charge on any atom is -0.381 e. The zero-order valence-corrected chi connectivity index (χ0v) is 15.5. The van der Waals surface area contributed by atoms with Gasteiger partial charge in [-0.2, -0.15) is 0 Å². The second-order valence-corrected chi connectivity index (χ2v) is 6.77. The largest absolute Gasteiger partial charge is 0.381 e. The summed E-state index contributed by atoms with van der Waals surface area (Å²) in [6, 6.07) is 29.6. The Bertz CT molecular complexity index is 1020. The lowest BCUT2D eigenvalue weighted by Crippen LogP contribution is -2.16. The second-order valence-electron chi connectivity index (χ2n) is 6.77. The first-order valence-electron chi connectivity index (χ1n) is 9.20. The smallest absolute Gasteiger partial charge is 0.0722 e. The summed E-state index contributed by atoms with van der Waals surface area (Å²) in [6.07, 6.45) is 1.83. The Kier molecular flexibility index (Phi) is 5.01. The lowest BCUT2D eigenvalue weighted by molar-refractivity contribution is 0.922. The van der Waals surface area contributed by atoms with Crippen molar-refractivity contribution in [2.24, 2.45) is 0 Å². The maximum Gasteiger partial charge on any atom is 0.0722 e. The fourth-order valence-electron chi connectivity index (χ4n) is 3.20. The van der Waals surface area contributed by atoms with Crippen molar-refractivity contribution in [3.63, 3.8) is 0 Å². The molecular formula is C24H25N3. The number of benzene rings is 3. The van der Waals surface area contributed by atoms with Crippen molar-refractivity contribution in [1.29, 1.82) is 0 Å². The van der Waals surface area contributed by atoms with Crippen LogP contribution in [0, 0.1) is 0 Å². The Hall–Kier alpha value is -3.33. The minimum atomic E-state index is 0. The highest BCUT2D eigenvalue weighted by Gasteiger charge is 2.03. The third-order valence-electron chi connectivity index (χ3n) is 4.74. The molecule has 0 unspecified atom stereocenters. The lowest BCUT2D eigenvalue weighted by Gasteiger charge is -2.20. The first-order valence-corrected chi connectivity index (χ1v) is 9.20. The van der Waals surface area contributed by atoms with Gasteiger partial charge in [-0.1, -0.05) is 54.6 Å². The Morgan fingerprint density at radius 3 is 2.48 bits per heavy atom. The van der Waals surface area contributed by atoms with Gasteiger partial charge < -0.3 is 10.2 Å². The van der Waals surface area contributed by atoms with E-state index in [0.717, 1.165) is 29.7 Å². The number of anilines is 2. The van der Waals surface area contributed by atoms with Crippen LogP contribution in [-0.2, 0) is 13.1 Å². The third-order valence-corrected chi connectivity index (χ3v) is 4.74. The van der Waals surface area contributed by atoms with E-state index in [1.165, 1.54) is 16.8 Å². The predicted molar refractivity (Wildman–Crippen MR) is 116 cm³/mol. The molecule has 0 aliphatic rings. The van der Waals surface area contributed by atoms with Crippen LogP contribution in [0.15, 0.2) is 91.1 Å². The molecule has 0 saturated heterocycles. The summed E-state index contributed by atoms with van der Waals surface area (Å²) in [5.41, 5.74) is 5.90. The van der Waals surface area contributed by atoms with Crippen LogP contribution in [0.2, 0.25) is 0 Å². The van der Waals surface area contributed by atoms with E-state index < -0.39 is 0 Å². The number of nitrogens with one attached hydrogen (secondary N) is 1. The van der Waals surface area contributed by atoms with Gasteiger partial charge in [-0.25, -0.2) is 0 Å². The summed E-state index contributed by atoms with van der Waals surface area (Å²) in [5.74, 6) is 0. The number of nitrogens with zero attached hydrogens (tertiary/aromatic N) is 2. The fourth-order valence-corrected chi connectivity index (χ4v) is 3.20. The molecule has 0 saturated carbocycles. The molecule has 0 amide bonds. The Labute approximate surface area is 161 Å². The number of hydrogen-bond donors (Lipinski definition) is 1. The Morgan fingerprint density at radius 2 is 1.67 bits per heavy atom. The highest BCUT2D eigenvalue weighted by Crippen LogP contribution is 2.19. The average molecular weight is 355 g/mol. The van der Waals surface area contributed by atoms with Crippen molar-refractivity contribution in [3.8, 4) is 0 Å². The van der Waals surface area contributed by atoms with Crippen molar-refractivity contribution in [2.75, 3.05) is 17.3 Å². The van der Waals surface area contributed by atoms with E-state index in [9.17, 15) is 0 Å². The molecular weight excluding hydrogens is 330 g/mol. The van der Waals surface area contributed by atoms with Gasteiger partial charge in [0.1, 0.15) is 0 Å². The van der Waals surface area contributed by atoms with E-state index >= 15 is 0 Å². The van der Waals surface area contributed by atoms with Crippen LogP contribution in [-0.4, -0.2) is 12.0 Å². The SMILES string of the molecule is CN(Cc1ccccc1)c1ccc(CNc2ccc3cccnc3c2)cc1.[HH]. The first kappa shape index (κ1) is 17.1. The normalized spacial score (nSPS) is 10.7. The third kappa shape index (κ3) is 4.26. The molecule has 0 aliphatic carbocycles. The Morgan fingerprint density at radius 1 is 0.852 bits per heavy atom. The molecule has 0 bridgehead atoms. The van der Waals surface area contributed by atoms with Crippen LogP contribution in [0.4, 0.5) is 11.4 Å². The fraction of sp³-hybridized carbons (Fsp3) is 0.125. The first-order chi connectivity index (χ1) is 13.3. The summed E-state index contributed by atoms with van der Waals surface area (Å²) < 4.78 is 0. The van der Waals surface area contributed by atoms with Gasteiger partial charge in [0.15, 0.2) is 0 Å². The highest BCUT2D eigenvalue weighted by atomic mass is 15.1. The molecule has 1 heterocycles. The van der Waals surface area contributed by atoms with E-state index in [0.29, 0.717) is 0 Å². The minimum absolute atomic E-state index is 0. The molecule has 3 nitrogen and oxygen atoms in total. The van der Waals surface area contributed by atoms with E-state index in [2.05, 4.69) is 101 Å². The van der Waals surface area contributed by atoms with Gasteiger partial charge >= 0.3 is 0 Å². The number of hydrogen-bond acceptors (Lipinski definition) is 3. The van der Waals surface area contributed by atoms with Gasteiger partial charge in [-0.15, -0.1) is 0 Å². The summed E-state index contributed by atoms with van der Waals surface area (Å²) in [4.78, 5) is 6.68. The van der Waals surface area contributed by atoms with Gasteiger partial charge in [0.25, 0.3) is 0 Å². The maximum atomic E-state index is 4.42. The maximum absolute atomic E-state index is 4.42. The lowest BCUT2D eigenvalue weighted by atomic mass is 10.1. The van der Waals surface area contributed by atoms with E-state index in [4.69, 9.17) is 0 Å². The molecule has 4 aromatic rings. The monoisotopic (exact) mass is 355 g/mol. The molecule has 0 fully saturated rings. The quantitative estimate of drug-likeness (QED) is 0.479. The summed E-state index contributed by atoms with van der Waals surface area (Å²) in [5, 5.41) is 4.65. The summed E-state index contributed by atoms with van der Waals surface area (Å²) >= 11 is 0. The molecule has 0 spiro atoms. The van der Waals surface area contributed by atoms with E-state index in [-0.39, 0.29) is 1.43 Å². The number of aromatic nitrogens is 1. The van der Waals surface area contributed by atoms with Gasteiger partial charge in [-0.3, -0.25) is 4.98 Å². The van der Waals surface area contributed by atoms with Gasteiger partial charge in [-0.05, 0) is 41.5 Å². The van der Waals surface area contributed by atoms with Gasteiger partial charge in [0.2, 0.25) is 0 Å². The highest BCUT2D eigenvalue weighted by molar-refractivity contribution is 5.81. The summed E-state index contributed by atoms with van der Waals surface area (Å²) in [6.45, 7) is 1.70. The van der Waals surface area contributed by atoms with Crippen molar-refractivity contribution in [2.45, 2.75) is 13.1 Å². The molecule has 136 valence electrons. The predicted octanol–water partition coefficient (Wildman–Crippen LogP) is 5.73. The second kappa shape index (κ2) is 7.92. The van der Waals surface area contributed by atoms with Crippen molar-refractivity contribution in [3.05, 3.63) is 102 Å². The molecule has 3 aromatic carbocycles. The molecule has 1 aromatic heterocycles. The van der Waals surface area contributed by atoms with E-state index in [1.807, 2.05) is 12.3 Å². The molecule has 0 radical (unpaired) electrons. The number of pyridine rings is 1. The average Bonchev–Trinajstić information content (AvgIpc) is 2.73. The molecule has 4 rings (SSSR count). The molecule has 3 heteroatoms. The van der Waals surface area contributed by atoms with E-state index in [1.54, 1.807) is 0 Å². The zero-order valence-electron chi connectivity index (χ0n) is 15.5. The van der Waals surface area contributed by atoms with Crippen LogP contribution in [0.1, 0.15) is 12.6 Å². The topological polar surface area (TPSA) is 28.2 Å².